The number of aryl methyl sites for hydroxylation is 2. The van der Waals surface area contributed by atoms with E-state index in [1.165, 1.54) is 28.2 Å². The molecule has 1 aliphatic heterocycles. The van der Waals surface area contributed by atoms with E-state index in [4.69, 9.17) is 14.2 Å². The van der Waals surface area contributed by atoms with Crippen molar-refractivity contribution in [3.8, 4) is 11.5 Å². The lowest BCUT2D eigenvalue weighted by atomic mass is 10.1. The topological polar surface area (TPSA) is 73.9 Å². The van der Waals surface area contributed by atoms with E-state index in [0.29, 0.717) is 22.1 Å². The lowest BCUT2D eigenvalue weighted by molar-refractivity contribution is -0.123. The molecule has 27 heavy (non-hydrogen) atoms. The van der Waals surface area contributed by atoms with Crippen LogP contribution in [-0.2, 0) is 22.4 Å². The molecule has 142 valence electrons. The Bertz CT molecular complexity index is 852. The smallest absolute Gasteiger partial charge is 0.349 e. The van der Waals surface area contributed by atoms with Gasteiger partial charge in [0.15, 0.2) is 17.6 Å². The van der Waals surface area contributed by atoms with Gasteiger partial charge in [0, 0.05) is 16.6 Å². The SMILES string of the molecule is C[C@@H](OC(=O)c1cc2c(s1)CCCCC2)C(=O)Nc1ccc2c(c1)OCO2. The molecule has 0 fully saturated rings. The maximum absolute atomic E-state index is 12.4. The second kappa shape index (κ2) is 7.60. The van der Waals surface area contributed by atoms with Crippen LogP contribution in [0.25, 0.3) is 0 Å². The van der Waals surface area contributed by atoms with Crippen LogP contribution < -0.4 is 14.8 Å². The quantitative estimate of drug-likeness (QED) is 0.636. The largest absolute Gasteiger partial charge is 0.454 e. The van der Waals surface area contributed by atoms with Gasteiger partial charge >= 0.3 is 5.97 Å². The number of rotatable bonds is 4. The molecule has 1 amide bonds. The molecule has 0 saturated heterocycles. The van der Waals surface area contributed by atoms with Gasteiger partial charge in [-0.05, 0) is 56.4 Å². The molecule has 2 aliphatic rings. The number of nitrogens with one attached hydrogen (secondary N) is 1. The Labute approximate surface area is 161 Å². The Hall–Kier alpha value is -2.54. The highest BCUT2D eigenvalue weighted by atomic mass is 32.1. The van der Waals surface area contributed by atoms with Gasteiger partial charge in [-0.1, -0.05) is 6.42 Å². The van der Waals surface area contributed by atoms with Gasteiger partial charge in [0.2, 0.25) is 6.79 Å². The van der Waals surface area contributed by atoms with E-state index >= 15 is 0 Å². The number of hydrogen-bond acceptors (Lipinski definition) is 6. The fraction of sp³-hybridized carbons (Fsp3) is 0.400. The van der Waals surface area contributed by atoms with Crippen LogP contribution in [0, 0.1) is 0 Å². The summed E-state index contributed by atoms with van der Waals surface area (Å²) in [7, 11) is 0. The summed E-state index contributed by atoms with van der Waals surface area (Å²) < 4.78 is 15.9. The van der Waals surface area contributed by atoms with Crippen molar-refractivity contribution in [2.45, 2.75) is 45.1 Å². The number of thiophene rings is 1. The van der Waals surface area contributed by atoms with E-state index in [0.717, 1.165) is 25.7 Å². The van der Waals surface area contributed by atoms with Gasteiger partial charge in [0.05, 0.1) is 0 Å². The first kappa shape index (κ1) is 17.9. The predicted molar refractivity (Wildman–Crippen MR) is 102 cm³/mol. The summed E-state index contributed by atoms with van der Waals surface area (Å²) in [6.45, 7) is 1.74. The predicted octanol–water partition coefficient (Wildman–Crippen LogP) is 3.93. The summed E-state index contributed by atoms with van der Waals surface area (Å²) in [5.41, 5.74) is 1.82. The van der Waals surface area contributed by atoms with Crippen LogP contribution in [0.15, 0.2) is 24.3 Å². The molecule has 1 atom stereocenters. The molecule has 2 aromatic rings. The lowest BCUT2D eigenvalue weighted by Gasteiger charge is -2.13. The Balaban J connectivity index is 1.37. The van der Waals surface area contributed by atoms with Crippen LogP contribution in [0.3, 0.4) is 0 Å². The summed E-state index contributed by atoms with van der Waals surface area (Å²) >= 11 is 1.49. The molecule has 1 aromatic heterocycles. The number of ether oxygens (including phenoxy) is 3. The average molecular weight is 387 g/mol. The first-order valence-corrected chi connectivity index (χ1v) is 9.95. The molecule has 0 unspecified atom stereocenters. The van der Waals surface area contributed by atoms with Crippen molar-refractivity contribution in [1.29, 1.82) is 0 Å². The summed E-state index contributed by atoms with van der Waals surface area (Å²) in [6, 6.07) is 7.06. The highest BCUT2D eigenvalue weighted by Gasteiger charge is 2.23. The van der Waals surface area contributed by atoms with Gasteiger partial charge in [-0.25, -0.2) is 4.79 Å². The van der Waals surface area contributed by atoms with Crippen LogP contribution in [0.5, 0.6) is 11.5 Å². The molecule has 0 spiro atoms. The molecule has 0 saturated carbocycles. The van der Waals surface area contributed by atoms with Crippen LogP contribution in [0.1, 0.15) is 46.3 Å². The zero-order chi connectivity index (χ0) is 18.8. The number of carbonyl (C=O) groups is 2. The molecule has 0 radical (unpaired) electrons. The van der Waals surface area contributed by atoms with Crippen molar-refractivity contribution in [3.05, 3.63) is 39.6 Å². The molecule has 1 aliphatic carbocycles. The van der Waals surface area contributed by atoms with Crippen LogP contribution in [0.2, 0.25) is 0 Å². The zero-order valence-corrected chi connectivity index (χ0v) is 15.9. The maximum atomic E-state index is 12.4. The molecule has 7 heteroatoms. The maximum Gasteiger partial charge on any atom is 0.349 e. The van der Waals surface area contributed by atoms with Gasteiger partial charge in [-0.15, -0.1) is 11.3 Å². The van der Waals surface area contributed by atoms with Crippen molar-refractivity contribution in [2.75, 3.05) is 12.1 Å². The monoisotopic (exact) mass is 387 g/mol. The van der Waals surface area contributed by atoms with Crippen LogP contribution in [0.4, 0.5) is 5.69 Å². The number of benzene rings is 1. The third-order valence-electron chi connectivity index (χ3n) is 4.74. The third kappa shape index (κ3) is 3.93. The first-order chi connectivity index (χ1) is 13.1. The fourth-order valence-corrected chi connectivity index (χ4v) is 4.39. The van der Waals surface area contributed by atoms with Gasteiger partial charge in [-0.2, -0.15) is 0 Å². The van der Waals surface area contributed by atoms with Gasteiger partial charge in [0.25, 0.3) is 5.91 Å². The number of esters is 1. The zero-order valence-electron chi connectivity index (χ0n) is 15.1. The van der Waals surface area contributed by atoms with E-state index in [1.807, 2.05) is 6.07 Å². The number of anilines is 1. The second-order valence-corrected chi connectivity index (χ2v) is 7.86. The van der Waals surface area contributed by atoms with Crippen LogP contribution >= 0.6 is 11.3 Å². The van der Waals surface area contributed by atoms with Crippen molar-refractivity contribution in [3.63, 3.8) is 0 Å². The minimum Gasteiger partial charge on any atom is -0.454 e. The van der Waals surface area contributed by atoms with Gasteiger partial charge in [-0.3, -0.25) is 4.79 Å². The van der Waals surface area contributed by atoms with Crippen molar-refractivity contribution < 1.29 is 23.8 Å². The van der Waals surface area contributed by atoms with Crippen LogP contribution in [-0.4, -0.2) is 24.8 Å². The fourth-order valence-electron chi connectivity index (χ4n) is 3.26. The Morgan fingerprint density at radius 3 is 2.81 bits per heavy atom. The van der Waals surface area contributed by atoms with E-state index in [9.17, 15) is 9.59 Å². The molecule has 4 rings (SSSR count). The number of carbonyl (C=O) groups excluding carboxylic acids is 2. The van der Waals surface area contributed by atoms with Gasteiger partial charge in [0.1, 0.15) is 4.88 Å². The molecule has 2 heterocycles. The Morgan fingerprint density at radius 1 is 1.11 bits per heavy atom. The molecular weight excluding hydrogens is 366 g/mol. The Morgan fingerprint density at radius 2 is 1.93 bits per heavy atom. The van der Waals surface area contributed by atoms with Crippen molar-refractivity contribution in [1.82, 2.24) is 0 Å². The molecule has 1 aromatic carbocycles. The standard InChI is InChI=1S/C20H21NO5S/c1-12(19(22)21-14-7-8-15-16(10-14)25-11-24-15)26-20(23)18-9-13-5-3-2-4-6-17(13)27-18/h7-10,12H,2-6,11H2,1H3,(H,21,22)/t12-/m1/s1. The Kier molecular flexibility index (Phi) is 5.03. The van der Waals surface area contributed by atoms with E-state index in [-0.39, 0.29) is 12.7 Å². The minimum atomic E-state index is -0.898. The van der Waals surface area contributed by atoms with E-state index in [2.05, 4.69) is 5.32 Å². The molecule has 1 N–H and O–H groups in total. The number of hydrogen-bond donors (Lipinski definition) is 1. The van der Waals surface area contributed by atoms with E-state index < -0.39 is 12.1 Å². The van der Waals surface area contributed by atoms with Gasteiger partial charge < -0.3 is 19.5 Å². The van der Waals surface area contributed by atoms with Crippen molar-refractivity contribution in [2.24, 2.45) is 0 Å². The lowest BCUT2D eigenvalue weighted by Crippen LogP contribution is -2.29. The summed E-state index contributed by atoms with van der Waals surface area (Å²) in [4.78, 5) is 26.7. The molecule has 6 nitrogen and oxygen atoms in total. The highest BCUT2D eigenvalue weighted by Crippen LogP contribution is 2.34. The summed E-state index contributed by atoms with van der Waals surface area (Å²) in [6.07, 6.45) is 4.69. The minimum absolute atomic E-state index is 0.172. The third-order valence-corrected chi connectivity index (χ3v) is 5.96. The number of fused-ring (bicyclic) bond motifs is 2. The molecular formula is C20H21NO5S. The summed E-state index contributed by atoms with van der Waals surface area (Å²) in [5, 5.41) is 2.74. The second-order valence-electron chi connectivity index (χ2n) is 6.72. The van der Waals surface area contributed by atoms with E-state index in [1.54, 1.807) is 25.1 Å². The summed E-state index contributed by atoms with van der Waals surface area (Å²) in [5.74, 6) is 0.393. The molecule has 0 bridgehead atoms. The average Bonchev–Trinajstić information content (AvgIpc) is 3.23. The normalized spacial score (nSPS) is 16.2. The first-order valence-electron chi connectivity index (χ1n) is 9.13. The number of amides is 1. The highest BCUT2D eigenvalue weighted by molar-refractivity contribution is 7.14. The van der Waals surface area contributed by atoms with Crippen molar-refractivity contribution >= 4 is 28.9 Å².